The molecule has 0 atom stereocenters. The molecule has 18 heavy (non-hydrogen) atoms. The summed E-state index contributed by atoms with van der Waals surface area (Å²) in [6, 6.07) is 4.90. The summed E-state index contributed by atoms with van der Waals surface area (Å²) in [4.78, 5) is 0.355. The Morgan fingerprint density at radius 3 is 2.78 bits per heavy atom. The van der Waals surface area contributed by atoms with Crippen LogP contribution in [-0.4, -0.2) is 38.9 Å². The van der Waals surface area contributed by atoms with Gasteiger partial charge in [0.05, 0.1) is 4.90 Å². The van der Waals surface area contributed by atoms with E-state index < -0.39 is 10.0 Å². The maximum atomic E-state index is 12.5. The van der Waals surface area contributed by atoms with E-state index in [1.165, 1.54) is 0 Å². The number of nitrogens with one attached hydrogen (secondary N) is 1. The lowest BCUT2D eigenvalue weighted by Gasteiger charge is -2.20. The van der Waals surface area contributed by atoms with Gasteiger partial charge in [-0.05, 0) is 43.7 Å². The van der Waals surface area contributed by atoms with Gasteiger partial charge in [-0.2, -0.15) is 4.31 Å². The second kappa shape index (κ2) is 5.57. The Balaban J connectivity index is 2.34. The number of benzene rings is 1. The Morgan fingerprint density at radius 2 is 2.06 bits per heavy atom. The molecule has 4 nitrogen and oxygen atoms in total. The fraction of sp³-hybridized carbons (Fsp3) is 0.500. The van der Waals surface area contributed by atoms with E-state index in [0.29, 0.717) is 35.1 Å². The molecule has 1 saturated heterocycles. The average molecular weight is 289 g/mol. The quantitative estimate of drug-likeness (QED) is 0.900. The van der Waals surface area contributed by atoms with Crippen molar-refractivity contribution in [2.75, 3.05) is 26.2 Å². The van der Waals surface area contributed by atoms with Gasteiger partial charge in [-0.3, -0.25) is 0 Å². The number of hydrogen-bond donors (Lipinski definition) is 1. The molecule has 0 amide bonds. The van der Waals surface area contributed by atoms with Crippen LogP contribution in [0.5, 0.6) is 0 Å². The van der Waals surface area contributed by atoms with Gasteiger partial charge in [0.15, 0.2) is 0 Å². The zero-order valence-corrected chi connectivity index (χ0v) is 11.9. The number of rotatable bonds is 2. The lowest BCUT2D eigenvalue weighted by Crippen LogP contribution is -2.34. The molecule has 0 aromatic heterocycles. The monoisotopic (exact) mass is 288 g/mol. The lowest BCUT2D eigenvalue weighted by atomic mass is 10.2. The summed E-state index contributed by atoms with van der Waals surface area (Å²) >= 11 is 5.86. The van der Waals surface area contributed by atoms with Gasteiger partial charge in [0, 0.05) is 24.7 Å². The Labute approximate surface area is 113 Å². The second-order valence-electron chi connectivity index (χ2n) is 4.42. The molecule has 0 spiro atoms. The highest BCUT2D eigenvalue weighted by molar-refractivity contribution is 7.89. The molecule has 1 aliphatic heterocycles. The SMILES string of the molecule is Cc1cc(Cl)ccc1S(=O)(=O)N1CCCNCC1. The summed E-state index contributed by atoms with van der Waals surface area (Å²) in [6.45, 7) is 4.42. The van der Waals surface area contributed by atoms with Crippen molar-refractivity contribution in [3.63, 3.8) is 0 Å². The fourth-order valence-corrected chi connectivity index (χ4v) is 4.01. The van der Waals surface area contributed by atoms with Crippen LogP contribution >= 0.6 is 11.6 Å². The summed E-state index contributed by atoms with van der Waals surface area (Å²) in [5, 5.41) is 3.76. The molecule has 1 aromatic rings. The zero-order chi connectivity index (χ0) is 13.2. The van der Waals surface area contributed by atoms with Gasteiger partial charge in [0.25, 0.3) is 0 Å². The Hall–Kier alpha value is -0.620. The number of aryl methyl sites for hydroxylation is 1. The number of nitrogens with zero attached hydrogens (tertiary/aromatic N) is 1. The van der Waals surface area contributed by atoms with Gasteiger partial charge < -0.3 is 5.32 Å². The van der Waals surface area contributed by atoms with Crippen molar-refractivity contribution < 1.29 is 8.42 Å². The standard InChI is InChI=1S/C12H17ClN2O2S/c1-10-9-11(13)3-4-12(10)18(16,17)15-7-2-5-14-6-8-15/h3-4,9,14H,2,5-8H2,1H3. The molecular weight excluding hydrogens is 272 g/mol. The molecule has 100 valence electrons. The van der Waals surface area contributed by atoms with Crippen LogP contribution in [0.1, 0.15) is 12.0 Å². The zero-order valence-electron chi connectivity index (χ0n) is 10.3. The van der Waals surface area contributed by atoms with Crippen LogP contribution in [0.3, 0.4) is 0 Å². The van der Waals surface area contributed by atoms with E-state index in [4.69, 9.17) is 11.6 Å². The number of sulfonamides is 1. The van der Waals surface area contributed by atoms with Crippen molar-refractivity contribution in [2.24, 2.45) is 0 Å². The molecule has 0 saturated carbocycles. The van der Waals surface area contributed by atoms with E-state index in [1.807, 2.05) is 0 Å². The normalized spacial score (nSPS) is 18.6. The van der Waals surface area contributed by atoms with E-state index >= 15 is 0 Å². The molecule has 0 aliphatic carbocycles. The van der Waals surface area contributed by atoms with Gasteiger partial charge in [0.2, 0.25) is 10.0 Å². The minimum atomic E-state index is -3.40. The first-order chi connectivity index (χ1) is 8.51. The van der Waals surface area contributed by atoms with Crippen LogP contribution in [0, 0.1) is 6.92 Å². The predicted molar refractivity (Wildman–Crippen MR) is 72.4 cm³/mol. The van der Waals surface area contributed by atoms with E-state index in [1.54, 1.807) is 29.4 Å². The highest BCUT2D eigenvalue weighted by Gasteiger charge is 2.26. The Morgan fingerprint density at radius 1 is 1.28 bits per heavy atom. The third-order valence-corrected chi connectivity index (χ3v) is 5.35. The van der Waals surface area contributed by atoms with Crippen LogP contribution < -0.4 is 5.32 Å². The highest BCUT2D eigenvalue weighted by Crippen LogP contribution is 2.23. The van der Waals surface area contributed by atoms with Crippen LogP contribution in [0.25, 0.3) is 0 Å². The minimum absolute atomic E-state index is 0.355. The second-order valence-corrected chi connectivity index (χ2v) is 6.76. The molecule has 0 radical (unpaired) electrons. The first kappa shape index (κ1) is 13.8. The lowest BCUT2D eigenvalue weighted by molar-refractivity contribution is 0.431. The van der Waals surface area contributed by atoms with Crippen molar-refractivity contribution >= 4 is 21.6 Å². The van der Waals surface area contributed by atoms with Gasteiger partial charge in [-0.1, -0.05) is 11.6 Å². The van der Waals surface area contributed by atoms with E-state index in [0.717, 1.165) is 13.0 Å². The summed E-state index contributed by atoms with van der Waals surface area (Å²) in [6.07, 6.45) is 0.839. The summed E-state index contributed by atoms with van der Waals surface area (Å²) < 4.78 is 26.6. The molecule has 0 bridgehead atoms. The summed E-state index contributed by atoms with van der Waals surface area (Å²) in [5.41, 5.74) is 0.694. The molecule has 0 unspecified atom stereocenters. The molecule has 1 fully saturated rings. The van der Waals surface area contributed by atoms with Gasteiger partial charge >= 0.3 is 0 Å². The maximum absolute atomic E-state index is 12.5. The van der Waals surface area contributed by atoms with Crippen molar-refractivity contribution in [3.05, 3.63) is 28.8 Å². The smallest absolute Gasteiger partial charge is 0.243 e. The largest absolute Gasteiger partial charge is 0.315 e. The maximum Gasteiger partial charge on any atom is 0.243 e. The van der Waals surface area contributed by atoms with Crippen LogP contribution in [0.15, 0.2) is 23.1 Å². The van der Waals surface area contributed by atoms with Crippen LogP contribution in [0.2, 0.25) is 5.02 Å². The summed E-state index contributed by atoms with van der Waals surface area (Å²) in [5.74, 6) is 0. The third-order valence-electron chi connectivity index (χ3n) is 3.05. The molecule has 1 heterocycles. The Bertz CT molecular complexity index is 523. The topological polar surface area (TPSA) is 49.4 Å². The van der Waals surface area contributed by atoms with Crippen molar-refractivity contribution in [3.8, 4) is 0 Å². The van der Waals surface area contributed by atoms with E-state index in [-0.39, 0.29) is 0 Å². The van der Waals surface area contributed by atoms with Gasteiger partial charge in [0.1, 0.15) is 0 Å². The molecule has 1 aliphatic rings. The van der Waals surface area contributed by atoms with Gasteiger partial charge in [-0.15, -0.1) is 0 Å². The average Bonchev–Trinajstić information content (AvgIpc) is 2.57. The highest BCUT2D eigenvalue weighted by atomic mass is 35.5. The molecule has 1 N–H and O–H groups in total. The number of halogens is 1. The molecule has 2 rings (SSSR count). The van der Waals surface area contributed by atoms with Crippen molar-refractivity contribution in [2.45, 2.75) is 18.2 Å². The van der Waals surface area contributed by atoms with Crippen molar-refractivity contribution in [1.29, 1.82) is 0 Å². The predicted octanol–water partition coefficient (Wildman–Crippen LogP) is 1.63. The van der Waals surface area contributed by atoms with Crippen LogP contribution in [-0.2, 0) is 10.0 Å². The van der Waals surface area contributed by atoms with Gasteiger partial charge in [-0.25, -0.2) is 8.42 Å². The summed E-state index contributed by atoms with van der Waals surface area (Å²) in [7, 11) is -3.40. The van der Waals surface area contributed by atoms with Crippen LogP contribution in [0.4, 0.5) is 0 Å². The Kier molecular flexibility index (Phi) is 4.27. The molecular formula is C12H17ClN2O2S. The van der Waals surface area contributed by atoms with E-state index in [2.05, 4.69) is 5.32 Å². The number of hydrogen-bond acceptors (Lipinski definition) is 3. The van der Waals surface area contributed by atoms with Crippen molar-refractivity contribution in [1.82, 2.24) is 9.62 Å². The third kappa shape index (κ3) is 2.85. The fourth-order valence-electron chi connectivity index (χ4n) is 2.10. The first-order valence-electron chi connectivity index (χ1n) is 5.99. The minimum Gasteiger partial charge on any atom is -0.315 e. The van der Waals surface area contributed by atoms with E-state index in [9.17, 15) is 8.42 Å². The molecule has 1 aromatic carbocycles. The first-order valence-corrected chi connectivity index (χ1v) is 7.80. The molecule has 6 heteroatoms.